The minimum atomic E-state index is 0.238. The maximum atomic E-state index is 4.70. The highest BCUT2D eigenvalue weighted by molar-refractivity contribution is 7.81. The number of rotatable bonds is 8. The van der Waals surface area contributed by atoms with Crippen LogP contribution in [0.3, 0.4) is 0 Å². The average Bonchev–Trinajstić information content (AvgIpc) is 2.98. The van der Waals surface area contributed by atoms with Gasteiger partial charge in [-0.2, -0.15) is 12.6 Å². The fraction of sp³-hybridized carbons (Fsp3) is 0.714. The Morgan fingerprint density at radius 2 is 1.78 bits per heavy atom. The van der Waals surface area contributed by atoms with Gasteiger partial charge in [0.1, 0.15) is 0 Å². The van der Waals surface area contributed by atoms with Crippen molar-refractivity contribution in [3.05, 3.63) is 35.1 Å². The first-order chi connectivity index (χ1) is 10.5. The van der Waals surface area contributed by atoms with Crippen LogP contribution in [0.1, 0.15) is 61.8 Å². The molecule has 0 aliphatic heterocycles. The van der Waals surface area contributed by atoms with Crippen molar-refractivity contribution < 1.29 is 0 Å². The van der Waals surface area contributed by atoms with E-state index in [4.69, 9.17) is 12.6 Å². The zero-order valence-corrected chi connectivity index (χ0v) is 17.3. The van der Waals surface area contributed by atoms with Gasteiger partial charge >= 0.3 is 0 Å². The lowest BCUT2D eigenvalue weighted by atomic mass is 9.99. The fourth-order valence-electron chi connectivity index (χ4n) is 2.82. The van der Waals surface area contributed by atoms with Gasteiger partial charge in [0.15, 0.2) is 0 Å². The van der Waals surface area contributed by atoms with E-state index in [1.54, 1.807) is 0 Å². The Bertz CT molecular complexity index is 478. The molecule has 0 spiro atoms. The van der Waals surface area contributed by atoms with Gasteiger partial charge in [0.25, 0.3) is 0 Å². The van der Waals surface area contributed by atoms with E-state index < -0.39 is 0 Å². The van der Waals surface area contributed by atoms with Gasteiger partial charge in [-0.3, -0.25) is 0 Å². The van der Waals surface area contributed by atoms with Gasteiger partial charge in [0, 0.05) is 17.5 Å². The first kappa shape index (κ1) is 20.4. The number of thiol groups is 1. The van der Waals surface area contributed by atoms with Crippen LogP contribution in [0.15, 0.2) is 35.1 Å². The topological polar surface area (TPSA) is 12.0 Å². The molecule has 2 unspecified atom stereocenters. The molecule has 0 aromatic rings. The van der Waals surface area contributed by atoms with Crippen LogP contribution in [0.2, 0.25) is 0 Å². The highest BCUT2D eigenvalue weighted by atomic mass is 32.1. The lowest BCUT2D eigenvalue weighted by molar-refractivity contribution is 0.606. The summed E-state index contributed by atoms with van der Waals surface area (Å²) < 4.78 is 0. The number of nitrogens with one attached hydrogen (secondary N) is 1. The number of hydrogen-bond donors (Lipinski definition) is 2. The second-order valence-corrected chi connectivity index (χ2v) is 9.24. The van der Waals surface area contributed by atoms with E-state index in [1.165, 1.54) is 23.3 Å². The molecule has 1 saturated carbocycles. The molecule has 1 rings (SSSR count). The summed E-state index contributed by atoms with van der Waals surface area (Å²) in [4.78, 5) is 0. The van der Waals surface area contributed by atoms with Gasteiger partial charge in [0.2, 0.25) is 0 Å². The molecule has 23 heavy (non-hydrogen) atoms. The Hall–Kier alpha value is -0.630. The van der Waals surface area contributed by atoms with Crippen molar-refractivity contribution in [3.63, 3.8) is 0 Å². The van der Waals surface area contributed by atoms with Crippen LogP contribution in [-0.4, -0.2) is 11.8 Å². The maximum Gasteiger partial charge on any atom is 0.0354 e. The molecular weight excluding hydrogens is 298 g/mol. The van der Waals surface area contributed by atoms with Gasteiger partial charge in [-0.05, 0) is 49.0 Å². The SMILES string of the molecule is C/C(=C/C1CC1(C)C)CN/C(=C(/C=C\C(C)C)C(C)S)C(C)C. The van der Waals surface area contributed by atoms with Crippen molar-refractivity contribution in [1.82, 2.24) is 5.32 Å². The van der Waals surface area contributed by atoms with Gasteiger partial charge in [-0.15, -0.1) is 0 Å². The van der Waals surface area contributed by atoms with Crippen molar-refractivity contribution in [2.24, 2.45) is 23.2 Å². The Labute approximate surface area is 150 Å². The van der Waals surface area contributed by atoms with E-state index in [1.807, 2.05) is 0 Å². The summed E-state index contributed by atoms with van der Waals surface area (Å²) in [6.07, 6.45) is 8.31. The molecule has 1 aliphatic carbocycles. The summed E-state index contributed by atoms with van der Waals surface area (Å²) in [6.45, 7) is 19.0. The molecule has 0 aromatic heterocycles. The minimum Gasteiger partial charge on any atom is -0.384 e. The first-order valence-corrected chi connectivity index (χ1v) is 9.57. The first-order valence-electron chi connectivity index (χ1n) is 9.06. The molecule has 0 radical (unpaired) electrons. The molecule has 1 nitrogen and oxygen atoms in total. The number of allylic oxidation sites excluding steroid dienone is 4. The van der Waals surface area contributed by atoms with Crippen LogP contribution < -0.4 is 5.32 Å². The summed E-state index contributed by atoms with van der Waals surface area (Å²) in [5.74, 6) is 1.80. The van der Waals surface area contributed by atoms with Crippen LogP contribution in [0.4, 0.5) is 0 Å². The lowest BCUT2D eigenvalue weighted by Crippen LogP contribution is -2.23. The molecule has 1 N–H and O–H groups in total. The minimum absolute atomic E-state index is 0.238. The van der Waals surface area contributed by atoms with Gasteiger partial charge in [-0.25, -0.2) is 0 Å². The van der Waals surface area contributed by atoms with Crippen molar-refractivity contribution in [2.45, 2.75) is 67.1 Å². The van der Waals surface area contributed by atoms with E-state index in [2.05, 4.69) is 78.9 Å². The standard InChI is InChI=1S/C21H37NS/c1-14(2)9-10-19(17(6)23)20(15(3)4)22-13-16(5)11-18-12-21(18,7)8/h9-11,14-15,17-18,22-23H,12-13H2,1-8H3/b10-9-,16-11-,20-19-. The zero-order chi connectivity index (χ0) is 17.8. The molecule has 1 fully saturated rings. The highest BCUT2D eigenvalue weighted by Crippen LogP contribution is 2.52. The smallest absolute Gasteiger partial charge is 0.0354 e. The summed E-state index contributed by atoms with van der Waals surface area (Å²) in [7, 11) is 0. The van der Waals surface area contributed by atoms with Crippen LogP contribution in [0.5, 0.6) is 0 Å². The Morgan fingerprint density at radius 1 is 1.22 bits per heavy atom. The second kappa shape index (κ2) is 8.46. The zero-order valence-electron chi connectivity index (χ0n) is 16.4. The van der Waals surface area contributed by atoms with Gasteiger partial charge < -0.3 is 5.32 Å². The fourth-order valence-corrected chi connectivity index (χ4v) is 3.04. The largest absolute Gasteiger partial charge is 0.384 e. The Kier molecular flexibility index (Phi) is 7.51. The molecule has 0 saturated heterocycles. The lowest BCUT2D eigenvalue weighted by Gasteiger charge is -2.21. The molecule has 0 aromatic carbocycles. The summed E-state index contributed by atoms with van der Waals surface area (Å²) >= 11 is 4.70. The molecular formula is C21H37NS. The molecule has 2 heteroatoms. The molecule has 1 aliphatic rings. The van der Waals surface area contributed by atoms with Gasteiger partial charge in [0.05, 0.1) is 0 Å². The normalized spacial score (nSPS) is 23.4. The highest BCUT2D eigenvalue weighted by Gasteiger charge is 2.43. The van der Waals surface area contributed by atoms with Crippen LogP contribution in [0, 0.1) is 23.2 Å². The van der Waals surface area contributed by atoms with E-state index in [0.717, 1.165) is 12.5 Å². The van der Waals surface area contributed by atoms with E-state index in [0.29, 0.717) is 17.3 Å². The van der Waals surface area contributed by atoms with Crippen LogP contribution >= 0.6 is 12.6 Å². The molecule has 0 amide bonds. The summed E-state index contributed by atoms with van der Waals surface area (Å²) in [5.41, 5.74) is 4.60. The van der Waals surface area contributed by atoms with E-state index in [9.17, 15) is 0 Å². The quantitative estimate of drug-likeness (QED) is 0.314. The van der Waals surface area contributed by atoms with Crippen LogP contribution in [0.25, 0.3) is 0 Å². The third kappa shape index (κ3) is 6.79. The van der Waals surface area contributed by atoms with E-state index >= 15 is 0 Å². The van der Waals surface area contributed by atoms with Crippen LogP contribution in [-0.2, 0) is 0 Å². The van der Waals surface area contributed by atoms with Crippen molar-refractivity contribution in [2.75, 3.05) is 6.54 Å². The summed E-state index contributed by atoms with van der Waals surface area (Å²) in [5, 5.41) is 3.93. The Balaban J connectivity index is 2.85. The Morgan fingerprint density at radius 3 is 2.17 bits per heavy atom. The predicted molar refractivity (Wildman–Crippen MR) is 108 cm³/mol. The monoisotopic (exact) mass is 335 g/mol. The molecule has 2 atom stereocenters. The van der Waals surface area contributed by atoms with E-state index in [-0.39, 0.29) is 5.25 Å². The summed E-state index contributed by atoms with van der Waals surface area (Å²) in [6, 6.07) is 0. The van der Waals surface area contributed by atoms with Crippen molar-refractivity contribution in [1.29, 1.82) is 0 Å². The van der Waals surface area contributed by atoms with Crippen molar-refractivity contribution in [3.8, 4) is 0 Å². The van der Waals surface area contributed by atoms with Gasteiger partial charge in [-0.1, -0.05) is 65.3 Å². The predicted octanol–water partition coefficient (Wildman–Crippen LogP) is 6.01. The second-order valence-electron chi connectivity index (χ2n) is 8.47. The average molecular weight is 336 g/mol. The maximum absolute atomic E-state index is 4.70. The molecule has 0 heterocycles. The third-order valence-electron chi connectivity index (χ3n) is 4.63. The molecule has 0 bridgehead atoms. The molecule has 132 valence electrons. The number of hydrogen-bond acceptors (Lipinski definition) is 2. The van der Waals surface area contributed by atoms with Crippen molar-refractivity contribution >= 4 is 12.6 Å². The third-order valence-corrected chi connectivity index (χ3v) is 4.91.